The van der Waals surface area contributed by atoms with Crippen LogP contribution in [0.15, 0.2) is 64.3 Å². The number of sulfonamides is 1. The number of fused-ring (bicyclic) bond motifs is 5. The van der Waals surface area contributed by atoms with Crippen molar-refractivity contribution >= 4 is 21.6 Å². The van der Waals surface area contributed by atoms with Crippen molar-refractivity contribution in [2.45, 2.75) is 23.8 Å². The average Bonchev–Trinajstić information content (AvgIpc) is 3.38. The maximum Gasteiger partial charge on any atom is 0.255 e. The molecule has 0 aliphatic carbocycles. The second kappa shape index (κ2) is 8.93. The Morgan fingerprint density at radius 2 is 1.78 bits per heavy atom. The van der Waals surface area contributed by atoms with Gasteiger partial charge in [-0.2, -0.15) is 4.31 Å². The predicted molar refractivity (Wildman–Crippen MR) is 134 cm³/mol. The highest BCUT2D eigenvalue weighted by Crippen LogP contribution is 2.40. The zero-order chi connectivity index (χ0) is 25.7. The third-order valence-electron chi connectivity index (χ3n) is 7.14. The van der Waals surface area contributed by atoms with Gasteiger partial charge in [-0.25, -0.2) is 8.42 Å². The van der Waals surface area contributed by atoms with Crippen LogP contribution in [0.25, 0.3) is 0 Å². The summed E-state index contributed by atoms with van der Waals surface area (Å²) in [6.45, 7) is 1.02. The molecule has 0 unspecified atom stereocenters. The number of benzene rings is 2. The predicted octanol–water partition coefficient (Wildman–Crippen LogP) is 2.65. The highest BCUT2D eigenvalue weighted by Gasteiger charge is 2.40. The van der Waals surface area contributed by atoms with Gasteiger partial charge in [0.05, 0.1) is 17.7 Å². The molecule has 2 bridgehead atoms. The number of rotatable bonds is 5. The zero-order valence-corrected chi connectivity index (χ0v) is 20.9. The quantitative estimate of drug-likeness (QED) is 0.547. The van der Waals surface area contributed by atoms with Crippen LogP contribution in [0.3, 0.4) is 0 Å². The summed E-state index contributed by atoms with van der Waals surface area (Å²) < 4.78 is 45.9. The minimum atomic E-state index is -3.75. The molecule has 11 heteroatoms. The van der Waals surface area contributed by atoms with Crippen molar-refractivity contribution in [2.24, 2.45) is 5.92 Å². The van der Waals surface area contributed by atoms with Gasteiger partial charge in [-0.15, -0.1) is 0 Å². The summed E-state index contributed by atoms with van der Waals surface area (Å²) in [5.41, 5.74) is 1.36. The van der Waals surface area contributed by atoms with E-state index in [4.69, 9.17) is 14.2 Å². The lowest BCUT2D eigenvalue weighted by atomic mass is 9.83. The Balaban J connectivity index is 1.30. The molecule has 1 amide bonds. The minimum Gasteiger partial charge on any atom is -0.497 e. The van der Waals surface area contributed by atoms with E-state index in [1.165, 1.54) is 29.6 Å². The molecule has 0 spiro atoms. The van der Waals surface area contributed by atoms with Crippen molar-refractivity contribution in [1.29, 1.82) is 0 Å². The SMILES string of the molecule is COc1ccc(S(=O)(=O)N2C[C@@H]3C[C@H](C2)c2c(NC(=O)c4ccc5c(c4)OCO5)ccc(=O)n2C3)cc1. The summed E-state index contributed by atoms with van der Waals surface area (Å²) >= 11 is 0. The third-order valence-corrected chi connectivity index (χ3v) is 8.98. The number of ether oxygens (including phenoxy) is 3. The minimum absolute atomic E-state index is 0.0169. The highest BCUT2D eigenvalue weighted by molar-refractivity contribution is 7.89. The molecule has 0 radical (unpaired) electrons. The average molecular weight is 524 g/mol. The molecule has 1 aromatic heterocycles. The zero-order valence-electron chi connectivity index (χ0n) is 20.0. The molecule has 1 N–H and O–H groups in total. The van der Waals surface area contributed by atoms with Crippen LogP contribution < -0.4 is 25.1 Å². The second-order valence-corrected chi connectivity index (χ2v) is 11.3. The van der Waals surface area contributed by atoms with E-state index in [1.54, 1.807) is 41.0 Å². The van der Waals surface area contributed by atoms with Crippen LogP contribution in [-0.2, 0) is 16.6 Å². The van der Waals surface area contributed by atoms with Gasteiger partial charge in [-0.3, -0.25) is 9.59 Å². The van der Waals surface area contributed by atoms with Gasteiger partial charge in [0.1, 0.15) is 5.75 Å². The Kier molecular flexibility index (Phi) is 5.68. The Labute approximate surface area is 213 Å². The Morgan fingerprint density at radius 3 is 2.57 bits per heavy atom. The van der Waals surface area contributed by atoms with E-state index in [-0.39, 0.29) is 41.5 Å². The number of piperidine rings is 1. The first-order valence-corrected chi connectivity index (χ1v) is 13.4. The van der Waals surface area contributed by atoms with Crippen molar-refractivity contribution in [3.63, 3.8) is 0 Å². The summed E-state index contributed by atoms with van der Waals surface area (Å²) in [5.74, 6) is 1.02. The number of anilines is 1. The summed E-state index contributed by atoms with van der Waals surface area (Å²) in [6.07, 6.45) is 0.727. The Bertz CT molecular complexity index is 1550. The van der Waals surface area contributed by atoms with Crippen molar-refractivity contribution in [3.8, 4) is 17.2 Å². The number of hydrogen-bond donors (Lipinski definition) is 1. The smallest absolute Gasteiger partial charge is 0.255 e. The van der Waals surface area contributed by atoms with E-state index in [0.717, 1.165) is 6.42 Å². The number of nitrogens with zero attached hydrogens (tertiary/aromatic N) is 2. The van der Waals surface area contributed by atoms with Crippen LogP contribution in [-0.4, -0.2) is 50.2 Å². The fourth-order valence-corrected chi connectivity index (χ4v) is 6.96. The molecule has 37 heavy (non-hydrogen) atoms. The number of methoxy groups -OCH3 is 1. The van der Waals surface area contributed by atoms with Crippen LogP contribution in [0.4, 0.5) is 5.69 Å². The molecule has 6 rings (SSSR count). The van der Waals surface area contributed by atoms with Gasteiger partial charge in [0.15, 0.2) is 11.5 Å². The van der Waals surface area contributed by atoms with Gasteiger partial charge < -0.3 is 24.1 Å². The molecule has 3 aliphatic heterocycles. The molecule has 1 saturated heterocycles. The fraction of sp³-hybridized carbons (Fsp3) is 0.308. The molecule has 1 fully saturated rings. The first kappa shape index (κ1) is 23.6. The van der Waals surface area contributed by atoms with E-state index in [0.29, 0.717) is 47.3 Å². The second-order valence-electron chi connectivity index (χ2n) is 9.40. The van der Waals surface area contributed by atoms with Crippen LogP contribution >= 0.6 is 0 Å². The topological polar surface area (TPSA) is 116 Å². The number of pyridine rings is 1. The van der Waals surface area contributed by atoms with Crippen LogP contribution in [0, 0.1) is 5.92 Å². The summed E-state index contributed by atoms with van der Waals surface area (Å²) in [6, 6.07) is 14.3. The normalized spacial score (nSPS) is 20.2. The van der Waals surface area contributed by atoms with Gasteiger partial charge in [0.2, 0.25) is 16.8 Å². The lowest BCUT2D eigenvalue weighted by molar-refractivity contribution is 0.102. The van der Waals surface area contributed by atoms with Gasteiger partial charge in [-0.05, 0) is 60.9 Å². The van der Waals surface area contributed by atoms with Crippen molar-refractivity contribution in [2.75, 3.05) is 32.3 Å². The number of nitrogens with one attached hydrogen (secondary N) is 1. The van der Waals surface area contributed by atoms with Gasteiger partial charge in [0.25, 0.3) is 11.5 Å². The summed E-state index contributed by atoms with van der Waals surface area (Å²) in [4.78, 5) is 26.1. The summed E-state index contributed by atoms with van der Waals surface area (Å²) in [7, 11) is -2.22. The number of carbonyl (C=O) groups is 1. The lowest BCUT2D eigenvalue weighted by Gasteiger charge is -2.42. The molecule has 0 saturated carbocycles. The van der Waals surface area contributed by atoms with Gasteiger partial charge in [-0.1, -0.05) is 0 Å². The van der Waals surface area contributed by atoms with Crippen LogP contribution in [0.1, 0.15) is 28.4 Å². The maximum atomic E-state index is 13.5. The number of hydrogen-bond acceptors (Lipinski definition) is 7. The first-order valence-electron chi connectivity index (χ1n) is 11.9. The van der Waals surface area contributed by atoms with Crippen molar-refractivity contribution < 1.29 is 27.4 Å². The molecule has 4 heterocycles. The summed E-state index contributed by atoms with van der Waals surface area (Å²) in [5, 5.41) is 2.93. The molecule has 10 nitrogen and oxygen atoms in total. The van der Waals surface area contributed by atoms with E-state index in [2.05, 4.69) is 5.32 Å². The highest BCUT2D eigenvalue weighted by atomic mass is 32.2. The molecular formula is C26H25N3O7S. The standard InChI is InChI=1S/C26H25N3O7S/c1-34-19-3-5-20(6-4-19)37(32,33)28-12-16-10-18(14-28)25-21(7-9-24(30)29(25)13-16)27-26(31)17-2-8-22-23(11-17)36-15-35-22/h2-9,11,16,18H,10,12-15H2,1H3,(H,27,31)/t16-,18+/m0/s1. The van der Waals surface area contributed by atoms with E-state index >= 15 is 0 Å². The Morgan fingerprint density at radius 1 is 1.00 bits per heavy atom. The van der Waals surface area contributed by atoms with Crippen molar-refractivity contribution in [3.05, 3.63) is 76.2 Å². The van der Waals surface area contributed by atoms with Gasteiger partial charge >= 0.3 is 0 Å². The molecule has 2 aromatic carbocycles. The van der Waals surface area contributed by atoms with E-state index < -0.39 is 10.0 Å². The van der Waals surface area contributed by atoms with Gasteiger partial charge in [0, 0.05) is 42.9 Å². The molecule has 3 aliphatic rings. The first-order chi connectivity index (χ1) is 17.8. The van der Waals surface area contributed by atoms with Crippen molar-refractivity contribution in [1.82, 2.24) is 8.87 Å². The number of aromatic nitrogens is 1. The van der Waals surface area contributed by atoms with E-state index in [9.17, 15) is 18.0 Å². The van der Waals surface area contributed by atoms with Crippen LogP contribution in [0.5, 0.6) is 17.2 Å². The maximum absolute atomic E-state index is 13.5. The number of amides is 1. The monoisotopic (exact) mass is 523 g/mol. The third kappa shape index (κ3) is 4.13. The molecule has 3 aromatic rings. The largest absolute Gasteiger partial charge is 0.497 e. The lowest BCUT2D eigenvalue weighted by Crippen LogP contribution is -2.49. The van der Waals surface area contributed by atoms with Crippen LogP contribution in [0.2, 0.25) is 0 Å². The molecule has 192 valence electrons. The fourth-order valence-electron chi connectivity index (χ4n) is 5.40. The number of carbonyl (C=O) groups excluding carboxylic acids is 1. The Hall–Kier alpha value is -3.83. The van der Waals surface area contributed by atoms with E-state index in [1.807, 2.05) is 0 Å². The molecule has 2 atom stereocenters. The molecular weight excluding hydrogens is 498 g/mol.